The first-order valence-electron chi connectivity index (χ1n) is 33.3. The zero-order chi connectivity index (χ0) is 55.0. The van der Waals surface area contributed by atoms with E-state index >= 15 is 0 Å². The Morgan fingerprint density at radius 2 is 0.513 bits per heavy atom. The summed E-state index contributed by atoms with van der Waals surface area (Å²) in [6, 6.07) is 0. The van der Waals surface area contributed by atoms with Gasteiger partial charge >= 0.3 is 17.9 Å². The van der Waals surface area contributed by atoms with Crippen molar-refractivity contribution in [3.63, 3.8) is 0 Å². The average Bonchev–Trinajstić information content (AvgIpc) is 3.42. The summed E-state index contributed by atoms with van der Waals surface area (Å²) in [6.07, 6.45) is 82.4. The molecule has 0 aromatic carbocycles. The van der Waals surface area contributed by atoms with E-state index in [1.54, 1.807) is 0 Å². The van der Waals surface area contributed by atoms with Crippen LogP contribution in [0.4, 0.5) is 0 Å². The third kappa shape index (κ3) is 62.0. The molecule has 76 heavy (non-hydrogen) atoms. The van der Waals surface area contributed by atoms with Gasteiger partial charge in [0, 0.05) is 19.3 Å². The molecule has 0 saturated heterocycles. The second-order valence-corrected chi connectivity index (χ2v) is 22.4. The average molecular weight is 1060 g/mol. The lowest BCUT2D eigenvalue weighted by Gasteiger charge is -2.18. The lowest BCUT2D eigenvalue weighted by atomic mass is 10.0. The van der Waals surface area contributed by atoms with E-state index in [0.717, 1.165) is 109 Å². The van der Waals surface area contributed by atoms with Gasteiger partial charge in [-0.25, -0.2) is 0 Å². The van der Waals surface area contributed by atoms with Crippen molar-refractivity contribution in [2.75, 3.05) is 13.2 Å². The fourth-order valence-corrected chi connectivity index (χ4v) is 9.79. The molecule has 0 aromatic heterocycles. The molecule has 0 bridgehead atoms. The van der Waals surface area contributed by atoms with E-state index in [1.807, 2.05) is 0 Å². The van der Waals surface area contributed by atoms with Gasteiger partial charge in [0.15, 0.2) is 6.10 Å². The van der Waals surface area contributed by atoms with Gasteiger partial charge in [-0.1, -0.05) is 306 Å². The van der Waals surface area contributed by atoms with Crippen LogP contribution in [-0.2, 0) is 28.6 Å². The van der Waals surface area contributed by atoms with Gasteiger partial charge in [0.25, 0.3) is 0 Å². The highest BCUT2D eigenvalue weighted by Gasteiger charge is 2.19. The Hall–Kier alpha value is -2.89. The van der Waals surface area contributed by atoms with Crippen LogP contribution in [0.1, 0.15) is 348 Å². The van der Waals surface area contributed by atoms with Crippen LogP contribution in [0, 0.1) is 0 Å². The Kier molecular flexibility index (Phi) is 62.2. The normalized spacial score (nSPS) is 12.4. The van der Waals surface area contributed by atoms with E-state index in [2.05, 4.69) is 81.5 Å². The minimum absolute atomic E-state index is 0.0800. The van der Waals surface area contributed by atoms with E-state index in [1.165, 1.54) is 199 Å². The van der Waals surface area contributed by atoms with Gasteiger partial charge in [-0.05, 0) is 83.5 Å². The largest absolute Gasteiger partial charge is 0.462 e. The summed E-state index contributed by atoms with van der Waals surface area (Å²) >= 11 is 0. The summed E-state index contributed by atoms with van der Waals surface area (Å²) in [6.45, 7) is 6.55. The fourth-order valence-electron chi connectivity index (χ4n) is 9.79. The molecular weight excluding hydrogens is 937 g/mol. The number of carbonyl (C=O) groups is 3. The van der Waals surface area contributed by atoms with Crippen LogP contribution in [-0.4, -0.2) is 37.2 Å². The van der Waals surface area contributed by atoms with Crippen molar-refractivity contribution < 1.29 is 28.6 Å². The van der Waals surface area contributed by atoms with E-state index in [-0.39, 0.29) is 31.1 Å². The van der Waals surface area contributed by atoms with Crippen molar-refractivity contribution in [2.24, 2.45) is 0 Å². The molecule has 0 saturated carbocycles. The van der Waals surface area contributed by atoms with Gasteiger partial charge in [-0.3, -0.25) is 14.4 Å². The van der Waals surface area contributed by atoms with Crippen molar-refractivity contribution in [3.05, 3.63) is 60.8 Å². The third-order valence-corrected chi connectivity index (χ3v) is 14.8. The topological polar surface area (TPSA) is 78.9 Å². The molecule has 442 valence electrons. The van der Waals surface area contributed by atoms with Crippen LogP contribution in [0.2, 0.25) is 0 Å². The summed E-state index contributed by atoms with van der Waals surface area (Å²) < 4.78 is 16.9. The minimum atomic E-state index is -0.786. The number of rotatable bonds is 61. The Morgan fingerprint density at radius 1 is 0.276 bits per heavy atom. The van der Waals surface area contributed by atoms with E-state index in [0.29, 0.717) is 19.3 Å². The molecule has 0 aromatic rings. The van der Waals surface area contributed by atoms with Gasteiger partial charge in [0.05, 0.1) is 0 Å². The zero-order valence-corrected chi connectivity index (χ0v) is 50.8. The van der Waals surface area contributed by atoms with Gasteiger partial charge in [-0.2, -0.15) is 0 Å². The molecule has 0 N–H and O–H groups in total. The quantitative estimate of drug-likeness (QED) is 0.0261. The fraction of sp³-hybridized carbons (Fsp3) is 0.814. The summed E-state index contributed by atoms with van der Waals surface area (Å²) in [5.74, 6) is -0.886. The predicted molar refractivity (Wildman–Crippen MR) is 330 cm³/mol. The Labute approximate surface area is 472 Å². The van der Waals surface area contributed by atoms with Crippen LogP contribution in [0.5, 0.6) is 0 Å². The predicted octanol–water partition coefficient (Wildman–Crippen LogP) is 22.7. The highest BCUT2D eigenvalue weighted by Crippen LogP contribution is 2.18. The number of esters is 3. The van der Waals surface area contributed by atoms with Crippen molar-refractivity contribution >= 4 is 17.9 Å². The SMILES string of the molecule is CC/C=C\C/C=C\C/C=C\CCCCCCCC(=O)OCC(COC(=O)CCCCCCCCCCCCCCCCCCCCCCCCCCC)OC(=O)CCCCCCCCC/C=C\C/C=C\CCCCCC. The standard InChI is InChI=1S/C70H126O6/c1-4-7-10-13-16-19-22-25-28-30-32-33-34-35-36-37-38-40-42-45-48-51-54-57-60-63-69(72)75-66-67(65-74-68(71)62-59-56-53-50-47-44-41-27-24-21-18-15-12-9-6-3)76-70(73)64-61-58-55-52-49-46-43-39-31-29-26-23-20-17-14-11-8-5-2/h9,12,18,20-21,23,27,29,31,41,67H,4-8,10-11,13-17,19,22,24-26,28,30,32-40,42-66H2,1-3H3/b12-9-,21-18-,23-20-,31-29-,41-27-. The van der Waals surface area contributed by atoms with Gasteiger partial charge in [-0.15, -0.1) is 0 Å². The summed E-state index contributed by atoms with van der Waals surface area (Å²) in [4.78, 5) is 38.3. The first-order chi connectivity index (χ1) is 37.5. The van der Waals surface area contributed by atoms with Gasteiger partial charge in [0.2, 0.25) is 0 Å². The van der Waals surface area contributed by atoms with Crippen molar-refractivity contribution in [1.82, 2.24) is 0 Å². The molecule has 0 spiro atoms. The lowest BCUT2D eigenvalue weighted by Crippen LogP contribution is -2.30. The second kappa shape index (κ2) is 64.6. The van der Waals surface area contributed by atoms with E-state index in [9.17, 15) is 14.4 Å². The number of allylic oxidation sites excluding steroid dienone is 10. The maximum atomic E-state index is 12.9. The maximum absolute atomic E-state index is 12.9. The van der Waals surface area contributed by atoms with Gasteiger partial charge in [0.1, 0.15) is 13.2 Å². The molecule has 0 aliphatic carbocycles. The van der Waals surface area contributed by atoms with Crippen LogP contribution < -0.4 is 0 Å². The van der Waals surface area contributed by atoms with Crippen LogP contribution in [0.25, 0.3) is 0 Å². The van der Waals surface area contributed by atoms with E-state index in [4.69, 9.17) is 14.2 Å². The van der Waals surface area contributed by atoms with Crippen LogP contribution >= 0.6 is 0 Å². The molecule has 0 amide bonds. The Morgan fingerprint density at radius 3 is 0.816 bits per heavy atom. The van der Waals surface area contributed by atoms with Crippen LogP contribution in [0.3, 0.4) is 0 Å². The van der Waals surface area contributed by atoms with Gasteiger partial charge < -0.3 is 14.2 Å². The summed E-state index contributed by atoms with van der Waals surface area (Å²) in [5, 5.41) is 0. The highest BCUT2D eigenvalue weighted by molar-refractivity contribution is 5.71. The summed E-state index contributed by atoms with van der Waals surface area (Å²) in [5.41, 5.74) is 0. The molecule has 0 radical (unpaired) electrons. The number of hydrogen-bond donors (Lipinski definition) is 0. The molecule has 0 heterocycles. The van der Waals surface area contributed by atoms with Crippen molar-refractivity contribution in [3.8, 4) is 0 Å². The molecule has 1 atom stereocenters. The first kappa shape index (κ1) is 73.1. The Bertz CT molecular complexity index is 1360. The van der Waals surface area contributed by atoms with Crippen molar-refractivity contribution in [2.45, 2.75) is 354 Å². The molecule has 0 aliphatic heterocycles. The number of unbranched alkanes of at least 4 members (excludes halogenated alkanes) is 40. The number of hydrogen-bond acceptors (Lipinski definition) is 6. The molecule has 0 fully saturated rings. The monoisotopic (exact) mass is 1060 g/mol. The molecule has 6 nitrogen and oxygen atoms in total. The number of ether oxygens (including phenoxy) is 3. The molecule has 0 aliphatic rings. The molecular formula is C70H126O6. The minimum Gasteiger partial charge on any atom is -0.462 e. The summed E-state index contributed by atoms with van der Waals surface area (Å²) in [7, 11) is 0. The third-order valence-electron chi connectivity index (χ3n) is 14.8. The molecule has 1 unspecified atom stereocenters. The maximum Gasteiger partial charge on any atom is 0.306 e. The second-order valence-electron chi connectivity index (χ2n) is 22.4. The van der Waals surface area contributed by atoms with Crippen molar-refractivity contribution in [1.29, 1.82) is 0 Å². The highest BCUT2D eigenvalue weighted by atomic mass is 16.6. The number of carbonyl (C=O) groups excluding carboxylic acids is 3. The Balaban J connectivity index is 4.29. The lowest BCUT2D eigenvalue weighted by molar-refractivity contribution is -0.167. The smallest absolute Gasteiger partial charge is 0.306 e. The van der Waals surface area contributed by atoms with Crippen LogP contribution in [0.15, 0.2) is 60.8 Å². The first-order valence-corrected chi connectivity index (χ1v) is 33.3. The molecule has 0 rings (SSSR count). The molecule has 6 heteroatoms. The zero-order valence-electron chi connectivity index (χ0n) is 50.8. The van der Waals surface area contributed by atoms with E-state index < -0.39 is 6.10 Å².